The van der Waals surface area contributed by atoms with E-state index in [1.165, 1.54) is 12.8 Å². The Bertz CT molecular complexity index is 247. The lowest BCUT2D eigenvalue weighted by atomic mass is 9.86. The van der Waals surface area contributed by atoms with Crippen molar-refractivity contribution in [1.82, 2.24) is 10.2 Å². The summed E-state index contributed by atoms with van der Waals surface area (Å²) in [6.45, 7) is 12.3. The van der Waals surface area contributed by atoms with Crippen LogP contribution in [0.3, 0.4) is 0 Å². The van der Waals surface area contributed by atoms with E-state index in [4.69, 9.17) is 11.6 Å². The monoisotopic (exact) mass is 258 g/mol. The first-order valence-corrected chi connectivity index (χ1v) is 7.26. The maximum atomic E-state index is 5.66. The van der Waals surface area contributed by atoms with Gasteiger partial charge in [-0.2, -0.15) is 0 Å². The second kappa shape index (κ2) is 6.77. The van der Waals surface area contributed by atoms with E-state index in [-0.39, 0.29) is 0 Å². The Balaban J connectivity index is 2.75. The van der Waals surface area contributed by atoms with Crippen LogP contribution >= 0.6 is 11.6 Å². The molecule has 1 rings (SSSR count). The van der Waals surface area contributed by atoms with E-state index in [1.807, 2.05) is 0 Å². The molecule has 0 aromatic carbocycles. The molecule has 1 fully saturated rings. The Labute approximate surface area is 111 Å². The number of halogens is 1. The van der Waals surface area contributed by atoms with E-state index in [9.17, 15) is 0 Å². The highest BCUT2D eigenvalue weighted by atomic mass is 35.5. The molecule has 0 spiro atoms. The van der Waals surface area contributed by atoms with Gasteiger partial charge in [0.05, 0.1) is 0 Å². The third kappa shape index (κ3) is 3.70. The zero-order chi connectivity index (χ0) is 12.9. The number of hydrogen-bond donors (Lipinski definition) is 1. The molecule has 0 radical (unpaired) electrons. The second-order valence-corrected chi connectivity index (χ2v) is 5.72. The number of piperazine rings is 1. The quantitative estimate of drug-likeness (QED) is 0.815. The molecule has 100 valence electrons. The van der Waals surface area contributed by atoms with Gasteiger partial charge < -0.3 is 5.32 Å². The van der Waals surface area contributed by atoms with E-state index in [2.05, 4.69) is 44.0 Å². The largest absolute Gasteiger partial charge is 0.308 e. The minimum atomic E-state index is 0.297. The van der Waals surface area contributed by atoms with E-state index >= 15 is 0 Å². The molecule has 1 aliphatic heterocycles. The summed E-state index contributed by atoms with van der Waals surface area (Å²) in [5, 5.41) is 3.77. The summed E-state index contributed by atoms with van der Waals surface area (Å²) in [5.74, 6) is 0.679. The maximum absolute atomic E-state index is 5.66. The highest BCUT2D eigenvalue weighted by Crippen LogP contribution is 2.25. The van der Waals surface area contributed by atoms with Gasteiger partial charge in [-0.05, 0) is 18.8 Å². The Kier molecular flexibility index (Phi) is 5.98. The Morgan fingerprint density at radius 2 is 2.06 bits per heavy atom. The fraction of sp³-hybridized carbons (Fsp3) is 0.857. The van der Waals surface area contributed by atoms with Crippen LogP contribution in [0.25, 0.3) is 0 Å². The highest BCUT2D eigenvalue weighted by molar-refractivity contribution is 6.25. The van der Waals surface area contributed by atoms with Crippen molar-refractivity contribution in [3.63, 3.8) is 0 Å². The summed E-state index contributed by atoms with van der Waals surface area (Å²) in [6, 6.07) is 0.620. The molecule has 0 saturated carbocycles. The first-order chi connectivity index (χ1) is 8.08. The van der Waals surface area contributed by atoms with Gasteiger partial charge in [-0.15, -0.1) is 0 Å². The molecule has 0 aromatic heterocycles. The van der Waals surface area contributed by atoms with E-state index in [0.29, 0.717) is 17.5 Å². The highest BCUT2D eigenvalue weighted by Gasteiger charge is 2.37. The van der Waals surface area contributed by atoms with Crippen LogP contribution in [-0.2, 0) is 0 Å². The lowest BCUT2D eigenvalue weighted by molar-refractivity contribution is 0.0602. The summed E-state index contributed by atoms with van der Waals surface area (Å²) in [6.07, 6.45) is 4.43. The Morgan fingerprint density at radius 1 is 1.41 bits per heavy atom. The van der Waals surface area contributed by atoms with Crippen molar-refractivity contribution in [2.24, 2.45) is 5.92 Å². The molecule has 0 amide bonds. The molecule has 1 N–H and O–H groups in total. The number of hydrogen-bond acceptors (Lipinski definition) is 2. The molecule has 1 unspecified atom stereocenters. The summed E-state index contributed by atoms with van der Waals surface area (Å²) in [7, 11) is 0. The molecule has 17 heavy (non-hydrogen) atoms. The summed E-state index contributed by atoms with van der Waals surface area (Å²) < 4.78 is 0. The van der Waals surface area contributed by atoms with Crippen LogP contribution in [-0.4, -0.2) is 36.1 Å². The second-order valence-electron chi connectivity index (χ2n) is 5.47. The molecule has 3 heteroatoms. The third-order valence-electron chi connectivity index (χ3n) is 4.21. The standard InChI is InChI=1S/C14H27ClN2/c1-5-14(6-2)11-17(9-7-8-15)13(10-16-14)12(3)4/h7-8,12-13,16H,5-6,9-11H2,1-4H3/b8-7+. The van der Waals surface area contributed by atoms with Gasteiger partial charge in [0.25, 0.3) is 0 Å². The molecule has 2 nitrogen and oxygen atoms in total. The van der Waals surface area contributed by atoms with Crippen molar-refractivity contribution in [3.05, 3.63) is 11.6 Å². The van der Waals surface area contributed by atoms with Crippen molar-refractivity contribution in [2.45, 2.75) is 52.1 Å². The van der Waals surface area contributed by atoms with E-state index < -0.39 is 0 Å². The van der Waals surface area contributed by atoms with Crippen molar-refractivity contribution in [3.8, 4) is 0 Å². The molecule has 1 atom stereocenters. The average molecular weight is 259 g/mol. The topological polar surface area (TPSA) is 15.3 Å². The summed E-state index contributed by atoms with van der Waals surface area (Å²) in [4.78, 5) is 2.58. The van der Waals surface area contributed by atoms with Gasteiger partial charge in [-0.25, -0.2) is 0 Å². The molecule has 1 heterocycles. The Morgan fingerprint density at radius 3 is 2.53 bits per heavy atom. The first-order valence-electron chi connectivity index (χ1n) is 6.83. The maximum Gasteiger partial charge on any atom is 0.0304 e. The average Bonchev–Trinajstić information content (AvgIpc) is 2.35. The van der Waals surface area contributed by atoms with Crippen molar-refractivity contribution >= 4 is 11.6 Å². The van der Waals surface area contributed by atoms with Crippen LogP contribution in [0.4, 0.5) is 0 Å². The van der Waals surface area contributed by atoms with Crippen molar-refractivity contribution in [2.75, 3.05) is 19.6 Å². The van der Waals surface area contributed by atoms with Crippen LogP contribution in [0.5, 0.6) is 0 Å². The van der Waals surface area contributed by atoms with Crippen LogP contribution < -0.4 is 5.32 Å². The molecule has 0 bridgehead atoms. The van der Waals surface area contributed by atoms with Gasteiger partial charge in [0.2, 0.25) is 0 Å². The lowest BCUT2D eigenvalue weighted by Gasteiger charge is -2.48. The fourth-order valence-electron chi connectivity index (χ4n) is 2.77. The lowest BCUT2D eigenvalue weighted by Crippen LogP contribution is -2.64. The van der Waals surface area contributed by atoms with Gasteiger partial charge in [-0.3, -0.25) is 4.90 Å². The minimum Gasteiger partial charge on any atom is -0.308 e. The van der Waals surface area contributed by atoms with Gasteiger partial charge in [0.15, 0.2) is 0 Å². The Hall–Kier alpha value is -0.0500. The minimum absolute atomic E-state index is 0.297. The predicted octanol–water partition coefficient (Wildman–Crippen LogP) is 3.23. The van der Waals surface area contributed by atoms with Gasteiger partial charge in [-0.1, -0.05) is 45.4 Å². The SMILES string of the molecule is CCC1(CC)CN(C/C=C/Cl)C(C(C)C)CN1. The number of nitrogens with one attached hydrogen (secondary N) is 1. The van der Waals surface area contributed by atoms with Gasteiger partial charge in [0, 0.05) is 36.8 Å². The molecule has 0 aliphatic carbocycles. The third-order valence-corrected chi connectivity index (χ3v) is 4.39. The molecule has 0 aromatic rings. The zero-order valence-electron chi connectivity index (χ0n) is 11.7. The van der Waals surface area contributed by atoms with Crippen LogP contribution in [0, 0.1) is 5.92 Å². The van der Waals surface area contributed by atoms with E-state index in [1.54, 1.807) is 5.54 Å². The fourth-order valence-corrected chi connectivity index (χ4v) is 2.85. The smallest absolute Gasteiger partial charge is 0.0304 e. The summed E-state index contributed by atoms with van der Waals surface area (Å²) >= 11 is 5.66. The van der Waals surface area contributed by atoms with Crippen LogP contribution in [0.2, 0.25) is 0 Å². The molecule has 1 saturated heterocycles. The molecular weight excluding hydrogens is 232 g/mol. The van der Waals surface area contributed by atoms with Crippen LogP contribution in [0.15, 0.2) is 11.6 Å². The first kappa shape index (κ1) is 15.0. The van der Waals surface area contributed by atoms with Crippen molar-refractivity contribution < 1.29 is 0 Å². The van der Waals surface area contributed by atoms with Crippen molar-refractivity contribution in [1.29, 1.82) is 0 Å². The predicted molar refractivity (Wildman–Crippen MR) is 76.5 cm³/mol. The molecule has 1 aliphatic rings. The zero-order valence-corrected chi connectivity index (χ0v) is 12.4. The summed E-state index contributed by atoms with van der Waals surface area (Å²) in [5.41, 5.74) is 1.94. The van der Waals surface area contributed by atoms with Gasteiger partial charge >= 0.3 is 0 Å². The number of nitrogens with zero attached hydrogens (tertiary/aromatic N) is 1. The van der Waals surface area contributed by atoms with E-state index in [0.717, 1.165) is 19.6 Å². The van der Waals surface area contributed by atoms with Gasteiger partial charge in [0.1, 0.15) is 0 Å². The normalized spacial score (nSPS) is 25.9. The van der Waals surface area contributed by atoms with Crippen LogP contribution in [0.1, 0.15) is 40.5 Å². The molecular formula is C14H27ClN2. The number of rotatable bonds is 5.